The molecule has 0 radical (unpaired) electrons. The number of fused-ring (bicyclic) bond motifs is 2. The van der Waals surface area contributed by atoms with Crippen LogP contribution >= 0.6 is 0 Å². The predicted octanol–water partition coefficient (Wildman–Crippen LogP) is 9.50. The first-order valence-corrected chi connectivity index (χ1v) is 14.2. The van der Waals surface area contributed by atoms with Gasteiger partial charge in [0, 0.05) is 6.21 Å². The Balaban J connectivity index is 1.37. The van der Waals surface area contributed by atoms with E-state index in [1.54, 1.807) is 0 Å². The van der Waals surface area contributed by atoms with E-state index in [0.717, 1.165) is 43.5 Å². The molecule has 0 atom stereocenters. The fourth-order valence-corrected chi connectivity index (χ4v) is 6.08. The van der Waals surface area contributed by atoms with E-state index in [9.17, 15) is 0 Å². The number of nitrogens with one attached hydrogen (secondary N) is 1. The molecule has 0 bridgehead atoms. The van der Waals surface area contributed by atoms with Gasteiger partial charge in [-0.25, -0.2) is 0 Å². The van der Waals surface area contributed by atoms with E-state index in [4.69, 9.17) is 5.41 Å². The van der Waals surface area contributed by atoms with Gasteiger partial charge in [0.05, 0.1) is 0 Å². The fourth-order valence-electron chi connectivity index (χ4n) is 6.08. The topological polar surface area (TPSA) is 23.9 Å². The van der Waals surface area contributed by atoms with Crippen LogP contribution in [0.4, 0.5) is 0 Å². The van der Waals surface area contributed by atoms with Crippen molar-refractivity contribution >= 4 is 40.4 Å². The van der Waals surface area contributed by atoms with E-state index in [2.05, 4.69) is 146 Å². The Labute approximate surface area is 245 Å². The maximum Gasteiger partial charge on any atom is 0.0184 e. The standard InChI is InChI=1S/C41H29N/c1-28-37(25-26-42)41(34-22-15-31(16-23-34)29-9-3-2-4-10-29)39-14-8-7-13-38(39)40(28)33-20-17-32(18-21-33)36-24-19-30-11-5-6-12-35(30)27-36/h2-27,42H,1H2/b37-25+,42-26?. The Morgan fingerprint density at radius 1 is 0.429 bits per heavy atom. The molecule has 1 heteroatoms. The van der Waals surface area contributed by atoms with Gasteiger partial charge >= 0.3 is 0 Å². The van der Waals surface area contributed by atoms with Crippen molar-refractivity contribution in [3.05, 3.63) is 156 Å². The van der Waals surface area contributed by atoms with Crippen LogP contribution in [0.25, 0.3) is 78.7 Å². The number of hydrogen-bond acceptors (Lipinski definition) is 1. The third kappa shape index (κ3) is 4.52. The maximum absolute atomic E-state index is 8.00. The molecule has 0 aliphatic carbocycles. The smallest absolute Gasteiger partial charge is 0.0184 e. The Morgan fingerprint density at radius 2 is 0.905 bits per heavy atom. The summed E-state index contributed by atoms with van der Waals surface area (Å²) in [5.41, 5.74) is 9.20. The minimum absolute atomic E-state index is 0.929. The molecule has 0 unspecified atom stereocenters. The zero-order chi connectivity index (χ0) is 28.5. The first-order valence-electron chi connectivity index (χ1n) is 14.2. The first kappa shape index (κ1) is 25.4. The van der Waals surface area contributed by atoms with Gasteiger partial charge in [-0.05, 0) is 88.6 Å². The third-order valence-electron chi connectivity index (χ3n) is 8.15. The minimum Gasteiger partial charge on any atom is -0.309 e. The molecule has 1 nitrogen and oxygen atoms in total. The summed E-state index contributed by atoms with van der Waals surface area (Å²) < 4.78 is 0. The molecule has 0 spiro atoms. The van der Waals surface area contributed by atoms with E-state index in [0.29, 0.717) is 0 Å². The molecule has 198 valence electrons. The Bertz CT molecular complexity index is 2190. The maximum atomic E-state index is 8.00. The lowest BCUT2D eigenvalue weighted by molar-refractivity contribution is 1.52. The van der Waals surface area contributed by atoms with Crippen molar-refractivity contribution in [2.75, 3.05) is 0 Å². The molecular formula is C41H29N. The van der Waals surface area contributed by atoms with Crippen molar-refractivity contribution in [2.24, 2.45) is 0 Å². The first-order chi connectivity index (χ1) is 20.7. The van der Waals surface area contributed by atoms with Gasteiger partial charge in [0.1, 0.15) is 0 Å². The van der Waals surface area contributed by atoms with Crippen molar-refractivity contribution in [2.45, 2.75) is 0 Å². The predicted molar refractivity (Wildman–Crippen MR) is 181 cm³/mol. The quantitative estimate of drug-likeness (QED) is 0.212. The lowest BCUT2D eigenvalue weighted by Crippen LogP contribution is -2.28. The second kappa shape index (κ2) is 10.8. The van der Waals surface area contributed by atoms with Crippen LogP contribution in [0.2, 0.25) is 0 Å². The highest BCUT2D eigenvalue weighted by molar-refractivity contribution is 6.07. The molecule has 7 aromatic carbocycles. The van der Waals surface area contributed by atoms with Gasteiger partial charge in [-0.1, -0.05) is 146 Å². The van der Waals surface area contributed by atoms with Gasteiger partial charge < -0.3 is 5.41 Å². The summed E-state index contributed by atoms with van der Waals surface area (Å²) in [6.07, 6.45) is 3.25. The second-order valence-corrected chi connectivity index (χ2v) is 10.6. The van der Waals surface area contributed by atoms with Crippen LogP contribution in [0, 0.1) is 5.41 Å². The third-order valence-corrected chi connectivity index (χ3v) is 8.15. The van der Waals surface area contributed by atoms with Crippen molar-refractivity contribution in [1.82, 2.24) is 0 Å². The van der Waals surface area contributed by atoms with Crippen molar-refractivity contribution < 1.29 is 0 Å². The highest BCUT2D eigenvalue weighted by Gasteiger charge is 2.14. The molecule has 0 fully saturated rings. The zero-order valence-electron chi connectivity index (χ0n) is 23.2. The van der Waals surface area contributed by atoms with Crippen LogP contribution in [-0.2, 0) is 0 Å². The highest BCUT2D eigenvalue weighted by atomic mass is 14.3. The second-order valence-electron chi connectivity index (χ2n) is 10.6. The van der Waals surface area contributed by atoms with E-state index in [-0.39, 0.29) is 0 Å². The van der Waals surface area contributed by atoms with E-state index >= 15 is 0 Å². The van der Waals surface area contributed by atoms with Crippen molar-refractivity contribution in [3.8, 4) is 44.5 Å². The van der Waals surface area contributed by atoms with Gasteiger partial charge in [-0.3, -0.25) is 0 Å². The Hall–Kier alpha value is -5.53. The zero-order valence-corrected chi connectivity index (χ0v) is 23.2. The Kier molecular flexibility index (Phi) is 6.54. The van der Waals surface area contributed by atoms with Crippen LogP contribution in [0.5, 0.6) is 0 Å². The largest absolute Gasteiger partial charge is 0.309 e. The van der Waals surface area contributed by atoms with Gasteiger partial charge in [0.15, 0.2) is 0 Å². The number of rotatable bonds is 5. The van der Waals surface area contributed by atoms with Crippen LogP contribution in [-0.4, -0.2) is 6.21 Å². The summed E-state index contributed by atoms with van der Waals surface area (Å²) in [6, 6.07) is 51.6. The van der Waals surface area contributed by atoms with Gasteiger partial charge in [-0.2, -0.15) is 0 Å². The molecule has 42 heavy (non-hydrogen) atoms. The highest BCUT2D eigenvalue weighted by Crippen LogP contribution is 2.33. The monoisotopic (exact) mass is 535 g/mol. The summed E-state index contributed by atoms with van der Waals surface area (Å²) in [6.45, 7) is 4.60. The average Bonchev–Trinajstić information content (AvgIpc) is 3.06. The molecule has 0 heterocycles. The lowest BCUT2D eigenvalue weighted by Gasteiger charge is -2.16. The lowest BCUT2D eigenvalue weighted by atomic mass is 9.87. The van der Waals surface area contributed by atoms with Crippen LogP contribution in [0.15, 0.2) is 146 Å². The summed E-state index contributed by atoms with van der Waals surface area (Å²) in [5, 5.41) is 14.7. The molecule has 0 aliphatic heterocycles. The van der Waals surface area contributed by atoms with Crippen LogP contribution < -0.4 is 10.4 Å². The fraction of sp³-hybridized carbons (Fsp3) is 0. The summed E-state index contributed by atoms with van der Waals surface area (Å²) >= 11 is 0. The molecular weight excluding hydrogens is 506 g/mol. The van der Waals surface area contributed by atoms with Gasteiger partial charge in [0.25, 0.3) is 0 Å². The van der Waals surface area contributed by atoms with Gasteiger partial charge in [-0.15, -0.1) is 0 Å². The summed E-state index contributed by atoms with van der Waals surface area (Å²) in [7, 11) is 0. The van der Waals surface area contributed by atoms with E-state index in [1.807, 2.05) is 12.1 Å². The average molecular weight is 536 g/mol. The summed E-state index contributed by atoms with van der Waals surface area (Å²) in [4.78, 5) is 0. The SMILES string of the molecule is C=c1c(-c2ccc(-c3ccc4ccccc4c3)cc2)c2ccccc2c(-c2ccc(-c3ccccc3)cc2)/c1=C/C=N. The van der Waals surface area contributed by atoms with Crippen molar-refractivity contribution in [3.63, 3.8) is 0 Å². The molecule has 0 saturated heterocycles. The van der Waals surface area contributed by atoms with Gasteiger partial charge in [0.2, 0.25) is 0 Å². The molecule has 0 amide bonds. The molecule has 1 N–H and O–H groups in total. The van der Waals surface area contributed by atoms with Crippen LogP contribution in [0.1, 0.15) is 0 Å². The number of hydrogen-bond donors (Lipinski definition) is 1. The summed E-state index contributed by atoms with van der Waals surface area (Å²) in [5.74, 6) is 0. The normalized spacial score (nSPS) is 11.7. The number of benzene rings is 7. The minimum atomic E-state index is 0.929. The van der Waals surface area contributed by atoms with E-state index < -0.39 is 0 Å². The molecule has 0 saturated carbocycles. The van der Waals surface area contributed by atoms with Crippen molar-refractivity contribution in [1.29, 1.82) is 5.41 Å². The van der Waals surface area contributed by atoms with Crippen LogP contribution in [0.3, 0.4) is 0 Å². The molecule has 7 aromatic rings. The molecule has 7 rings (SSSR count). The molecule has 0 aromatic heterocycles. The van der Waals surface area contributed by atoms with E-state index in [1.165, 1.54) is 39.2 Å². The Morgan fingerprint density at radius 3 is 1.57 bits per heavy atom. The molecule has 0 aliphatic rings.